The molecule has 0 aliphatic carbocycles. The van der Waals surface area contributed by atoms with Crippen LogP contribution in [0.1, 0.15) is 34.5 Å². The van der Waals surface area contributed by atoms with Crippen LogP contribution in [0.25, 0.3) is 0 Å². The predicted molar refractivity (Wildman–Crippen MR) is 81.6 cm³/mol. The molecule has 0 fully saturated rings. The molecule has 0 amide bonds. The van der Waals surface area contributed by atoms with E-state index in [9.17, 15) is 14.7 Å². The summed E-state index contributed by atoms with van der Waals surface area (Å²) < 4.78 is 9.93. The van der Waals surface area contributed by atoms with Gasteiger partial charge < -0.3 is 14.3 Å². The third kappa shape index (κ3) is 3.75. The molecule has 1 aromatic carbocycles. The zero-order valence-corrected chi connectivity index (χ0v) is 12.6. The molecule has 0 spiro atoms. The Morgan fingerprint density at radius 1 is 1.27 bits per heavy atom. The van der Waals surface area contributed by atoms with Crippen molar-refractivity contribution in [2.24, 2.45) is 0 Å². The average Bonchev–Trinajstić information content (AvgIpc) is 2.47. The van der Waals surface area contributed by atoms with Crippen LogP contribution in [-0.4, -0.2) is 18.0 Å². The summed E-state index contributed by atoms with van der Waals surface area (Å²) in [7, 11) is 1.60. The number of carbonyl (C=O) groups excluding carboxylic acids is 1. The highest BCUT2D eigenvalue weighted by Gasteiger charge is 2.17. The van der Waals surface area contributed by atoms with E-state index in [1.165, 1.54) is 6.07 Å². The second-order valence-corrected chi connectivity index (χ2v) is 5.03. The smallest absolute Gasteiger partial charge is 0.350 e. The van der Waals surface area contributed by atoms with Crippen molar-refractivity contribution in [3.05, 3.63) is 57.6 Å². The Hall–Kier alpha value is -2.56. The Morgan fingerprint density at radius 3 is 2.55 bits per heavy atom. The Morgan fingerprint density at radius 2 is 1.95 bits per heavy atom. The topological polar surface area (TPSA) is 76.7 Å². The van der Waals surface area contributed by atoms with Gasteiger partial charge in [0.15, 0.2) is 5.78 Å². The van der Waals surface area contributed by atoms with Gasteiger partial charge in [0.1, 0.15) is 22.8 Å². The van der Waals surface area contributed by atoms with Crippen LogP contribution in [0.15, 0.2) is 39.5 Å². The van der Waals surface area contributed by atoms with Crippen molar-refractivity contribution in [3.8, 4) is 11.5 Å². The third-order valence-corrected chi connectivity index (χ3v) is 3.36. The quantitative estimate of drug-likeness (QED) is 0.830. The molecule has 116 valence electrons. The van der Waals surface area contributed by atoms with Gasteiger partial charge in [-0.3, -0.25) is 4.79 Å². The van der Waals surface area contributed by atoms with Gasteiger partial charge in [0.2, 0.25) is 0 Å². The zero-order chi connectivity index (χ0) is 16.1. The number of benzene rings is 1. The maximum Gasteiger partial charge on any atom is 0.350 e. The number of ether oxygens (including phenoxy) is 1. The number of Topliss-reactive ketones (excluding diaryl/α,β-unsaturated/α-hetero) is 1. The molecule has 2 rings (SSSR count). The lowest BCUT2D eigenvalue weighted by atomic mass is 10.0. The van der Waals surface area contributed by atoms with Crippen LogP contribution < -0.4 is 10.4 Å². The fourth-order valence-electron chi connectivity index (χ4n) is 2.22. The van der Waals surface area contributed by atoms with Gasteiger partial charge in [-0.2, -0.15) is 0 Å². The summed E-state index contributed by atoms with van der Waals surface area (Å²) in [6, 6.07) is 8.86. The van der Waals surface area contributed by atoms with Crippen molar-refractivity contribution >= 4 is 5.78 Å². The molecule has 1 heterocycles. The number of methoxy groups -OCH3 is 1. The molecule has 5 heteroatoms. The van der Waals surface area contributed by atoms with E-state index in [4.69, 9.17) is 9.15 Å². The minimum absolute atomic E-state index is 0.174. The Kier molecular flexibility index (Phi) is 4.99. The number of carbonyl (C=O) groups is 1. The van der Waals surface area contributed by atoms with Crippen LogP contribution in [0, 0.1) is 6.92 Å². The van der Waals surface area contributed by atoms with Crippen molar-refractivity contribution in [2.45, 2.75) is 26.2 Å². The van der Waals surface area contributed by atoms with Crippen LogP contribution in [0.4, 0.5) is 0 Å². The molecule has 1 aromatic heterocycles. The maximum atomic E-state index is 12.0. The van der Waals surface area contributed by atoms with Gasteiger partial charge >= 0.3 is 5.63 Å². The number of ketones is 1. The normalized spacial score (nSPS) is 10.5. The summed E-state index contributed by atoms with van der Waals surface area (Å²) in [6.07, 6.45) is 1.46. The van der Waals surface area contributed by atoms with Gasteiger partial charge in [0.25, 0.3) is 0 Å². The minimum Gasteiger partial charge on any atom is -0.507 e. The number of rotatable bonds is 6. The molecule has 5 nitrogen and oxygen atoms in total. The standard InChI is InChI=1S/C17H18O5/c1-11-10-15(19)16(17(20)22-11)14(18)5-3-4-12-6-8-13(21-2)9-7-12/h6-10,19H,3-5H2,1-2H3. The van der Waals surface area contributed by atoms with Gasteiger partial charge in [-0.15, -0.1) is 0 Å². The van der Waals surface area contributed by atoms with Gasteiger partial charge in [0, 0.05) is 12.5 Å². The number of hydrogen-bond donors (Lipinski definition) is 1. The zero-order valence-electron chi connectivity index (χ0n) is 12.6. The van der Waals surface area contributed by atoms with Gasteiger partial charge in [-0.05, 0) is 37.5 Å². The lowest BCUT2D eigenvalue weighted by Gasteiger charge is -2.05. The molecule has 1 N–H and O–H groups in total. The minimum atomic E-state index is -0.785. The highest BCUT2D eigenvalue weighted by molar-refractivity contribution is 5.97. The van der Waals surface area contributed by atoms with Crippen molar-refractivity contribution in [1.82, 2.24) is 0 Å². The van der Waals surface area contributed by atoms with Crippen molar-refractivity contribution < 1.29 is 19.1 Å². The Bertz CT molecular complexity index is 713. The Labute approximate surface area is 128 Å². The highest BCUT2D eigenvalue weighted by Crippen LogP contribution is 2.18. The van der Waals surface area contributed by atoms with E-state index in [2.05, 4.69) is 0 Å². The van der Waals surface area contributed by atoms with Crippen LogP contribution in [-0.2, 0) is 6.42 Å². The average molecular weight is 302 g/mol. The first kappa shape index (κ1) is 15.8. The highest BCUT2D eigenvalue weighted by atomic mass is 16.5. The second kappa shape index (κ2) is 6.93. The number of aromatic hydroxyl groups is 1. The van der Waals surface area contributed by atoms with Crippen LogP contribution in [0.2, 0.25) is 0 Å². The number of hydrogen-bond acceptors (Lipinski definition) is 5. The van der Waals surface area contributed by atoms with E-state index in [0.29, 0.717) is 12.8 Å². The molecule has 2 aromatic rings. The van der Waals surface area contributed by atoms with E-state index in [0.717, 1.165) is 11.3 Å². The molecular formula is C17H18O5. The van der Waals surface area contributed by atoms with Crippen molar-refractivity contribution in [3.63, 3.8) is 0 Å². The molecule has 0 aliphatic rings. The van der Waals surface area contributed by atoms with Crippen LogP contribution in [0.3, 0.4) is 0 Å². The molecule has 0 saturated carbocycles. The summed E-state index contributed by atoms with van der Waals surface area (Å²) in [5.41, 5.74) is 0.0287. The summed E-state index contributed by atoms with van der Waals surface area (Å²) in [5, 5.41) is 9.72. The first-order chi connectivity index (χ1) is 10.5. The Balaban J connectivity index is 1.97. The van der Waals surface area contributed by atoms with Crippen LogP contribution in [0.5, 0.6) is 11.5 Å². The number of aryl methyl sites for hydroxylation is 2. The lowest BCUT2D eigenvalue weighted by molar-refractivity contribution is 0.0973. The molecule has 0 unspecified atom stereocenters. The van der Waals surface area contributed by atoms with E-state index in [1.54, 1.807) is 14.0 Å². The summed E-state index contributed by atoms with van der Waals surface area (Å²) >= 11 is 0. The molecule has 22 heavy (non-hydrogen) atoms. The molecule has 0 bridgehead atoms. The van der Waals surface area contributed by atoms with Gasteiger partial charge in [-0.25, -0.2) is 4.79 Å². The van der Waals surface area contributed by atoms with Crippen LogP contribution >= 0.6 is 0 Å². The molecule has 0 aliphatic heterocycles. The maximum absolute atomic E-state index is 12.0. The monoisotopic (exact) mass is 302 g/mol. The molecule has 0 radical (unpaired) electrons. The SMILES string of the molecule is COc1ccc(CCCC(=O)c2c(O)cc(C)oc2=O)cc1. The second-order valence-electron chi connectivity index (χ2n) is 5.03. The summed E-state index contributed by atoms with van der Waals surface area (Å²) in [6.45, 7) is 1.54. The van der Waals surface area contributed by atoms with Crippen molar-refractivity contribution in [2.75, 3.05) is 7.11 Å². The fourth-order valence-corrected chi connectivity index (χ4v) is 2.22. The van der Waals surface area contributed by atoms with E-state index >= 15 is 0 Å². The lowest BCUT2D eigenvalue weighted by Crippen LogP contribution is -2.14. The van der Waals surface area contributed by atoms with E-state index < -0.39 is 11.4 Å². The summed E-state index contributed by atoms with van der Waals surface area (Å²) in [5.74, 6) is 0.335. The van der Waals surface area contributed by atoms with E-state index in [-0.39, 0.29) is 23.5 Å². The van der Waals surface area contributed by atoms with Gasteiger partial charge in [0.05, 0.1) is 7.11 Å². The molecular weight excluding hydrogens is 284 g/mol. The third-order valence-electron chi connectivity index (χ3n) is 3.36. The largest absolute Gasteiger partial charge is 0.507 e. The fraction of sp³-hybridized carbons (Fsp3) is 0.294. The molecule has 0 saturated heterocycles. The first-order valence-corrected chi connectivity index (χ1v) is 7.01. The van der Waals surface area contributed by atoms with E-state index in [1.807, 2.05) is 24.3 Å². The first-order valence-electron chi connectivity index (χ1n) is 7.01. The summed E-state index contributed by atoms with van der Waals surface area (Å²) in [4.78, 5) is 23.7. The van der Waals surface area contributed by atoms with Crippen molar-refractivity contribution in [1.29, 1.82) is 0 Å². The van der Waals surface area contributed by atoms with Gasteiger partial charge in [-0.1, -0.05) is 12.1 Å². The molecule has 0 atom stereocenters. The predicted octanol–water partition coefficient (Wildman–Crippen LogP) is 2.87.